The molecule has 0 bridgehead atoms. The number of hydrogen-bond acceptors (Lipinski definition) is 2. The van der Waals surface area contributed by atoms with E-state index in [1.807, 2.05) is 7.05 Å². The fourth-order valence-electron chi connectivity index (χ4n) is 5.52. The van der Waals surface area contributed by atoms with Crippen molar-refractivity contribution < 1.29 is 0 Å². The van der Waals surface area contributed by atoms with E-state index in [1.54, 1.807) is 0 Å². The molecule has 0 saturated carbocycles. The maximum atomic E-state index is 4.61. The Bertz CT molecular complexity index is 1140. The normalized spacial score (nSPS) is 14.5. The monoisotopic (exact) mass is 575 g/mol. The van der Waals surface area contributed by atoms with Crippen LogP contribution in [-0.2, 0) is 0 Å². The fraction of sp³-hybridized carbons (Fsp3) is 0.625. The lowest BCUT2D eigenvalue weighted by Gasteiger charge is -2.24. The molecule has 0 saturated heterocycles. The van der Waals surface area contributed by atoms with Crippen molar-refractivity contribution in [2.75, 3.05) is 12.4 Å². The summed E-state index contributed by atoms with van der Waals surface area (Å²) in [5, 5.41) is 3.50. The Kier molecular flexibility index (Phi) is 15.9. The Morgan fingerprint density at radius 1 is 0.690 bits per heavy atom. The van der Waals surface area contributed by atoms with Gasteiger partial charge in [-0.3, -0.25) is 4.99 Å². The Hall–Kier alpha value is -2.35. The number of rotatable bonds is 16. The van der Waals surface area contributed by atoms with Crippen LogP contribution in [-0.4, -0.2) is 13.8 Å². The number of nitrogens with zero attached hydrogens (tertiary/aromatic N) is 1. The van der Waals surface area contributed by atoms with E-state index in [-0.39, 0.29) is 10.8 Å². The molecule has 0 spiro atoms. The zero-order chi connectivity index (χ0) is 32.1. The molecule has 1 rings (SSSR count). The van der Waals surface area contributed by atoms with Gasteiger partial charge < -0.3 is 5.32 Å². The second-order valence-corrected chi connectivity index (χ2v) is 14.4. The number of aliphatic imine (C=N–C) groups is 1. The van der Waals surface area contributed by atoms with Crippen LogP contribution in [0, 0.1) is 10.8 Å². The molecule has 42 heavy (non-hydrogen) atoms. The topological polar surface area (TPSA) is 24.4 Å². The van der Waals surface area contributed by atoms with Crippen molar-refractivity contribution in [3.8, 4) is 0 Å². The summed E-state index contributed by atoms with van der Waals surface area (Å²) in [4.78, 5) is 4.61. The van der Waals surface area contributed by atoms with Crippen LogP contribution in [0.3, 0.4) is 0 Å². The molecule has 1 N–H and O–H groups in total. The molecule has 1 aromatic rings. The van der Waals surface area contributed by atoms with Crippen LogP contribution in [0.1, 0.15) is 158 Å². The van der Waals surface area contributed by atoms with Gasteiger partial charge in [-0.1, -0.05) is 129 Å². The Labute approximate surface area is 262 Å². The van der Waals surface area contributed by atoms with E-state index in [2.05, 4.69) is 124 Å². The van der Waals surface area contributed by atoms with Crippen molar-refractivity contribution in [1.29, 1.82) is 0 Å². The van der Waals surface area contributed by atoms with Crippen LogP contribution in [0.25, 0.3) is 11.1 Å². The molecule has 0 atom stereocenters. The molecule has 0 aliphatic rings. The molecule has 0 heterocycles. The van der Waals surface area contributed by atoms with E-state index in [9.17, 15) is 0 Å². The second-order valence-electron chi connectivity index (χ2n) is 14.4. The molecular formula is C40H66N2. The van der Waals surface area contributed by atoms with Crippen molar-refractivity contribution in [3.05, 3.63) is 57.7 Å². The van der Waals surface area contributed by atoms with E-state index in [4.69, 9.17) is 0 Å². The number of allylic oxidation sites excluding steroid dienone is 8. The van der Waals surface area contributed by atoms with Gasteiger partial charge in [-0.25, -0.2) is 0 Å². The number of benzene rings is 1. The van der Waals surface area contributed by atoms with Crippen molar-refractivity contribution in [3.63, 3.8) is 0 Å². The highest BCUT2D eigenvalue weighted by Gasteiger charge is 2.20. The summed E-state index contributed by atoms with van der Waals surface area (Å²) in [6.07, 6.45) is 17.3. The van der Waals surface area contributed by atoms with Crippen molar-refractivity contribution >= 4 is 29.2 Å². The van der Waals surface area contributed by atoms with Crippen molar-refractivity contribution in [1.82, 2.24) is 0 Å². The highest BCUT2D eigenvalue weighted by molar-refractivity contribution is 5.91. The van der Waals surface area contributed by atoms with E-state index in [1.165, 1.54) is 90.4 Å². The van der Waals surface area contributed by atoms with Crippen LogP contribution in [0.4, 0.5) is 11.4 Å². The molecule has 0 radical (unpaired) electrons. The Balaban J connectivity index is 3.68. The lowest BCUT2D eigenvalue weighted by molar-refractivity contribution is 0.495. The zero-order valence-corrected chi connectivity index (χ0v) is 30.0. The smallest absolute Gasteiger partial charge is 0.0934 e. The minimum Gasteiger partial charge on any atom is -0.386 e. The maximum Gasteiger partial charge on any atom is 0.0934 e. The van der Waals surface area contributed by atoms with E-state index in [0.29, 0.717) is 0 Å². The average molecular weight is 575 g/mol. The molecular weight excluding hydrogens is 508 g/mol. The average Bonchev–Trinajstić information content (AvgIpc) is 2.93. The quantitative estimate of drug-likeness (QED) is 0.118. The van der Waals surface area contributed by atoms with Crippen LogP contribution >= 0.6 is 0 Å². The molecule has 0 unspecified atom stereocenters. The molecule has 2 nitrogen and oxygen atoms in total. The third-order valence-corrected chi connectivity index (χ3v) is 9.03. The van der Waals surface area contributed by atoms with Gasteiger partial charge in [-0.15, -0.1) is 0 Å². The molecule has 1 aromatic carbocycles. The zero-order valence-electron chi connectivity index (χ0n) is 30.0. The van der Waals surface area contributed by atoms with Crippen LogP contribution in [0.5, 0.6) is 0 Å². The van der Waals surface area contributed by atoms with Gasteiger partial charge in [0, 0.05) is 18.2 Å². The lowest BCUT2D eigenvalue weighted by Crippen LogP contribution is -2.09. The first-order valence-corrected chi connectivity index (χ1v) is 16.7. The lowest BCUT2D eigenvalue weighted by atomic mass is 9.82. The summed E-state index contributed by atoms with van der Waals surface area (Å²) in [7, 11) is 2.01. The maximum absolute atomic E-state index is 4.61. The molecule has 0 aliphatic heterocycles. The molecule has 0 aromatic heterocycles. The highest BCUT2D eigenvalue weighted by Crippen LogP contribution is 2.41. The first-order chi connectivity index (χ1) is 19.6. The predicted octanol–water partition coefficient (Wildman–Crippen LogP) is 13.5. The highest BCUT2D eigenvalue weighted by atomic mass is 14.9. The van der Waals surface area contributed by atoms with E-state index in [0.717, 1.165) is 29.8 Å². The fourth-order valence-corrected chi connectivity index (χ4v) is 5.52. The summed E-state index contributed by atoms with van der Waals surface area (Å²) < 4.78 is 0. The third kappa shape index (κ3) is 11.4. The second kappa shape index (κ2) is 17.7. The Morgan fingerprint density at radius 2 is 1.10 bits per heavy atom. The minimum atomic E-state index is 0.144. The number of unbranched alkanes of at least 4 members (excludes halogenated alkanes) is 6. The Morgan fingerprint density at radius 3 is 1.45 bits per heavy atom. The first-order valence-electron chi connectivity index (χ1n) is 16.7. The van der Waals surface area contributed by atoms with Crippen LogP contribution < -0.4 is 5.32 Å². The molecule has 2 heteroatoms. The number of hydrogen-bond donors (Lipinski definition) is 1. The van der Waals surface area contributed by atoms with Gasteiger partial charge in [0.2, 0.25) is 0 Å². The van der Waals surface area contributed by atoms with Crippen LogP contribution in [0.15, 0.2) is 51.6 Å². The SMILES string of the molecule is C=Nc1c(/C(C)=C/C(CCCCCC)=C(C)C(C)(C)C)ccc(/C(C)=C/C(CCCCCC)=C(C)C(C)(C)C)c1NC. The van der Waals surface area contributed by atoms with Gasteiger partial charge >= 0.3 is 0 Å². The first kappa shape index (κ1) is 37.7. The van der Waals surface area contributed by atoms with Gasteiger partial charge in [0.05, 0.1) is 11.4 Å². The van der Waals surface area contributed by atoms with Gasteiger partial charge in [0.25, 0.3) is 0 Å². The third-order valence-electron chi connectivity index (χ3n) is 9.03. The van der Waals surface area contributed by atoms with Gasteiger partial charge in [-0.05, 0) is 93.2 Å². The predicted molar refractivity (Wildman–Crippen MR) is 194 cm³/mol. The van der Waals surface area contributed by atoms with E-state index < -0.39 is 0 Å². The van der Waals surface area contributed by atoms with Crippen molar-refractivity contribution in [2.24, 2.45) is 15.8 Å². The molecule has 0 amide bonds. The molecule has 0 aliphatic carbocycles. The summed E-state index contributed by atoms with van der Waals surface area (Å²) >= 11 is 0. The van der Waals surface area contributed by atoms with Gasteiger partial charge in [0.1, 0.15) is 0 Å². The number of nitrogens with one attached hydrogen (secondary N) is 1. The van der Waals surface area contributed by atoms with E-state index >= 15 is 0 Å². The van der Waals surface area contributed by atoms with Gasteiger partial charge in [0.15, 0.2) is 0 Å². The summed E-state index contributed by atoms with van der Waals surface area (Å²) in [5.41, 5.74) is 13.1. The molecule has 236 valence electrons. The molecule has 0 fully saturated rings. The van der Waals surface area contributed by atoms with Crippen molar-refractivity contribution in [2.45, 2.75) is 147 Å². The summed E-state index contributed by atoms with van der Waals surface area (Å²) in [6.45, 7) is 31.7. The standard InChI is InChI=1S/C40H66N2/c1-15-17-19-21-23-33(31(5)39(7,8)9)27-29(3)35-25-26-36(38(42-14)37(35)41-13)30(4)28-34(24-22-20-18-16-2)32(6)40(10,11)12/h25-28,42H,13,15-24H2,1-12,14H3/b29-27+,30-28+,33-31?,34-32?. The van der Waals surface area contributed by atoms with Crippen LogP contribution in [0.2, 0.25) is 0 Å². The summed E-state index contributed by atoms with van der Waals surface area (Å²) in [5.74, 6) is 0. The van der Waals surface area contributed by atoms with Gasteiger partial charge in [-0.2, -0.15) is 0 Å². The minimum absolute atomic E-state index is 0.144. The largest absolute Gasteiger partial charge is 0.386 e. The number of anilines is 1. The summed E-state index contributed by atoms with van der Waals surface area (Å²) in [6, 6.07) is 4.53.